The first kappa shape index (κ1) is 11.0. The van der Waals surface area contributed by atoms with Crippen molar-refractivity contribution in [1.82, 2.24) is 9.97 Å². The van der Waals surface area contributed by atoms with Gasteiger partial charge in [0.05, 0.1) is 5.69 Å². The van der Waals surface area contributed by atoms with Gasteiger partial charge in [-0.25, -0.2) is 9.97 Å². The van der Waals surface area contributed by atoms with Gasteiger partial charge in [-0.1, -0.05) is 0 Å². The molecule has 0 aliphatic heterocycles. The molecule has 3 N–H and O–H groups in total. The molecule has 0 bridgehead atoms. The quantitative estimate of drug-likeness (QED) is 0.800. The third kappa shape index (κ3) is 2.55. The summed E-state index contributed by atoms with van der Waals surface area (Å²) in [4.78, 5) is 19.9. The Labute approximate surface area is 94.5 Å². The normalized spacial score (nSPS) is 16.9. The highest BCUT2D eigenvalue weighted by molar-refractivity contribution is 5.92. The monoisotopic (exact) mass is 220 g/mol. The summed E-state index contributed by atoms with van der Waals surface area (Å²) in [5, 5.41) is 2.72. The van der Waals surface area contributed by atoms with Crippen LogP contribution in [0, 0.1) is 12.8 Å². The Kier molecular flexibility index (Phi) is 2.87. The average Bonchev–Trinajstić information content (AvgIpc) is 2.99. The van der Waals surface area contributed by atoms with Crippen molar-refractivity contribution in [2.24, 2.45) is 11.7 Å². The predicted octanol–water partition coefficient (Wildman–Crippen LogP) is 1.15. The number of hydrogen-bond acceptors (Lipinski definition) is 4. The number of nitrogens with zero attached hydrogens (tertiary/aromatic N) is 2. The number of aromatic nitrogens is 2. The molecule has 1 aromatic heterocycles. The van der Waals surface area contributed by atoms with E-state index in [0.717, 1.165) is 24.2 Å². The molecule has 1 aliphatic rings. The highest BCUT2D eigenvalue weighted by Gasteiger charge is 2.30. The molecule has 5 nitrogen and oxygen atoms in total. The molecule has 1 unspecified atom stereocenters. The van der Waals surface area contributed by atoms with Crippen molar-refractivity contribution in [3.63, 3.8) is 0 Å². The molecule has 1 aliphatic carbocycles. The van der Waals surface area contributed by atoms with Gasteiger partial charge in [-0.15, -0.1) is 0 Å². The van der Waals surface area contributed by atoms with E-state index in [2.05, 4.69) is 15.3 Å². The lowest BCUT2D eigenvalue weighted by molar-refractivity contribution is -0.117. The molecule has 1 atom stereocenters. The van der Waals surface area contributed by atoms with Gasteiger partial charge in [0.15, 0.2) is 0 Å². The molecule has 5 heteroatoms. The Morgan fingerprint density at radius 3 is 2.81 bits per heavy atom. The van der Waals surface area contributed by atoms with Gasteiger partial charge in [-0.2, -0.15) is 0 Å². The summed E-state index contributed by atoms with van der Waals surface area (Å²) in [7, 11) is 0. The third-order valence-corrected chi connectivity index (χ3v) is 2.52. The molecule has 1 amide bonds. The number of amides is 1. The van der Waals surface area contributed by atoms with Crippen LogP contribution in [-0.2, 0) is 4.79 Å². The van der Waals surface area contributed by atoms with Gasteiger partial charge in [-0.3, -0.25) is 10.1 Å². The van der Waals surface area contributed by atoms with Crippen molar-refractivity contribution in [1.29, 1.82) is 0 Å². The highest BCUT2D eigenvalue weighted by atomic mass is 16.2. The summed E-state index contributed by atoms with van der Waals surface area (Å²) >= 11 is 0. The molecule has 1 fully saturated rings. The molecule has 1 saturated carbocycles. The van der Waals surface area contributed by atoms with E-state index in [1.807, 2.05) is 19.9 Å². The molecule has 2 rings (SSSR count). The molecule has 0 aromatic carbocycles. The minimum atomic E-state index is -0.154. The van der Waals surface area contributed by atoms with Crippen LogP contribution in [0.15, 0.2) is 6.07 Å². The molecular formula is C11H16N4O. The first-order valence-electron chi connectivity index (χ1n) is 5.48. The van der Waals surface area contributed by atoms with Crippen LogP contribution in [0.3, 0.4) is 0 Å². The van der Waals surface area contributed by atoms with Crippen molar-refractivity contribution >= 4 is 11.9 Å². The van der Waals surface area contributed by atoms with E-state index in [9.17, 15) is 4.79 Å². The minimum Gasteiger partial charge on any atom is -0.323 e. The van der Waals surface area contributed by atoms with E-state index in [1.54, 1.807) is 0 Å². The smallest absolute Gasteiger partial charge is 0.229 e. The highest BCUT2D eigenvalue weighted by Crippen LogP contribution is 2.29. The van der Waals surface area contributed by atoms with Crippen molar-refractivity contribution in [2.45, 2.75) is 32.7 Å². The molecule has 0 radical (unpaired) electrons. The van der Waals surface area contributed by atoms with E-state index < -0.39 is 0 Å². The summed E-state index contributed by atoms with van der Waals surface area (Å²) < 4.78 is 0. The van der Waals surface area contributed by atoms with Gasteiger partial charge >= 0.3 is 0 Å². The van der Waals surface area contributed by atoms with Crippen molar-refractivity contribution in [3.05, 3.63) is 17.5 Å². The maximum atomic E-state index is 11.5. The maximum Gasteiger partial charge on any atom is 0.229 e. The lowest BCUT2D eigenvalue weighted by Crippen LogP contribution is -2.18. The van der Waals surface area contributed by atoms with Crippen LogP contribution in [-0.4, -0.2) is 15.9 Å². The van der Waals surface area contributed by atoms with Gasteiger partial charge in [0, 0.05) is 17.7 Å². The average molecular weight is 220 g/mol. The molecular weight excluding hydrogens is 204 g/mol. The second-order valence-electron chi connectivity index (χ2n) is 4.31. The second-order valence-corrected chi connectivity index (χ2v) is 4.31. The van der Waals surface area contributed by atoms with E-state index >= 15 is 0 Å². The van der Waals surface area contributed by atoms with E-state index in [0.29, 0.717) is 5.95 Å². The molecule has 1 aromatic rings. The SMILES string of the molecule is Cc1cc(C(C)N)nc(NC(=O)C2CC2)n1. The number of hydrogen-bond donors (Lipinski definition) is 2. The fourth-order valence-corrected chi connectivity index (χ4v) is 1.44. The topological polar surface area (TPSA) is 80.9 Å². The second kappa shape index (κ2) is 4.17. The Morgan fingerprint density at radius 2 is 2.25 bits per heavy atom. The Morgan fingerprint density at radius 1 is 1.56 bits per heavy atom. The standard InChI is InChI=1S/C11H16N4O/c1-6-5-9(7(2)12)14-11(13-6)15-10(16)8-3-4-8/h5,7-8H,3-4,12H2,1-2H3,(H,13,14,15,16). The minimum absolute atomic E-state index is 0.0150. The van der Waals surface area contributed by atoms with Crippen molar-refractivity contribution in [3.8, 4) is 0 Å². The first-order chi connectivity index (χ1) is 7.56. The van der Waals surface area contributed by atoms with Gasteiger partial charge in [0.2, 0.25) is 11.9 Å². The molecule has 0 saturated heterocycles. The number of aryl methyl sites for hydroxylation is 1. The largest absolute Gasteiger partial charge is 0.323 e. The summed E-state index contributed by atoms with van der Waals surface area (Å²) in [5.41, 5.74) is 7.31. The van der Waals surface area contributed by atoms with Gasteiger partial charge in [-0.05, 0) is 32.8 Å². The van der Waals surface area contributed by atoms with Crippen LogP contribution in [0.5, 0.6) is 0 Å². The zero-order valence-corrected chi connectivity index (χ0v) is 9.53. The summed E-state index contributed by atoms with van der Waals surface area (Å²) in [5.74, 6) is 0.535. The first-order valence-corrected chi connectivity index (χ1v) is 5.48. The van der Waals surface area contributed by atoms with Gasteiger partial charge < -0.3 is 5.73 Å². The van der Waals surface area contributed by atoms with Crippen LogP contribution in [0.1, 0.15) is 37.2 Å². The number of nitrogens with two attached hydrogens (primary N) is 1. The molecule has 16 heavy (non-hydrogen) atoms. The zero-order valence-electron chi connectivity index (χ0n) is 9.53. The maximum absolute atomic E-state index is 11.5. The lowest BCUT2D eigenvalue weighted by Gasteiger charge is -2.09. The fourth-order valence-electron chi connectivity index (χ4n) is 1.44. The van der Waals surface area contributed by atoms with Crippen LogP contribution in [0.4, 0.5) is 5.95 Å². The van der Waals surface area contributed by atoms with Crippen molar-refractivity contribution in [2.75, 3.05) is 5.32 Å². The fraction of sp³-hybridized carbons (Fsp3) is 0.545. The number of anilines is 1. The van der Waals surface area contributed by atoms with Crippen LogP contribution < -0.4 is 11.1 Å². The third-order valence-electron chi connectivity index (χ3n) is 2.52. The van der Waals surface area contributed by atoms with Crippen LogP contribution in [0.2, 0.25) is 0 Å². The molecule has 0 spiro atoms. The Balaban J connectivity index is 2.16. The predicted molar refractivity (Wildman–Crippen MR) is 60.7 cm³/mol. The zero-order chi connectivity index (χ0) is 11.7. The summed E-state index contributed by atoms with van der Waals surface area (Å²) in [6.07, 6.45) is 1.94. The van der Waals surface area contributed by atoms with E-state index in [1.165, 1.54) is 0 Å². The van der Waals surface area contributed by atoms with Crippen LogP contribution >= 0.6 is 0 Å². The number of carbonyl (C=O) groups excluding carboxylic acids is 1. The number of carbonyl (C=O) groups is 1. The Hall–Kier alpha value is -1.49. The summed E-state index contributed by atoms with van der Waals surface area (Å²) in [6, 6.07) is 1.68. The Bertz CT molecular complexity index is 412. The summed E-state index contributed by atoms with van der Waals surface area (Å²) in [6.45, 7) is 3.72. The number of rotatable bonds is 3. The van der Waals surface area contributed by atoms with Gasteiger partial charge in [0.1, 0.15) is 0 Å². The van der Waals surface area contributed by atoms with E-state index in [4.69, 9.17) is 5.73 Å². The van der Waals surface area contributed by atoms with E-state index in [-0.39, 0.29) is 17.9 Å². The number of nitrogens with one attached hydrogen (secondary N) is 1. The lowest BCUT2D eigenvalue weighted by atomic mass is 10.2. The molecule has 1 heterocycles. The molecule has 86 valence electrons. The van der Waals surface area contributed by atoms with Crippen molar-refractivity contribution < 1.29 is 4.79 Å². The van der Waals surface area contributed by atoms with Gasteiger partial charge in [0.25, 0.3) is 0 Å². The van der Waals surface area contributed by atoms with Crippen LogP contribution in [0.25, 0.3) is 0 Å².